The van der Waals surface area contributed by atoms with Crippen LogP contribution in [0.4, 0.5) is 0 Å². The van der Waals surface area contributed by atoms with Gasteiger partial charge in [-0.15, -0.1) is 0 Å². The SMILES string of the molecule is COCCNC(=O)c1c(O)cccc1O. The van der Waals surface area contributed by atoms with E-state index in [0.29, 0.717) is 13.2 Å². The molecule has 0 atom stereocenters. The van der Waals surface area contributed by atoms with Crippen LogP contribution >= 0.6 is 0 Å². The number of carbonyl (C=O) groups is 1. The number of carbonyl (C=O) groups excluding carboxylic acids is 1. The molecule has 1 amide bonds. The molecule has 15 heavy (non-hydrogen) atoms. The van der Waals surface area contributed by atoms with Gasteiger partial charge >= 0.3 is 0 Å². The Morgan fingerprint density at radius 1 is 1.40 bits per heavy atom. The zero-order valence-corrected chi connectivity index (χ0v) is 8.36. The van der Waals surface area contributed by atoms with Gasteiger partial charge in [0.1, 0.15) is 17.1 Å². The number of hydrogen-bond donors (Lipinski definition) is 3. The lowest BCUT2D eigenvalue weighted by Gasteiger charge is -2.07. The van der Waals surface area contributed by atoms with Crippen molar-refractivity contribution in [3.8, 4) is 11.5 Å². The number of rotatable bonds is 4. The smallest absolute Gasteiger partial charge is 0.258 e. The van der Waals surface area contributed by atoms with Gasteiger partial charge < -0.3 is 20.3 Å². The summed E-state index contributed by atoms with van der Waals surface area (Å²) < 4.78 is 4.75. The third kappa shape index (κ3) is 2.85. The van der Waals surface area contributed by atoms with Crippen molar-refractivity contribution in [2.24, 2.45) is 0 Å². The zero-order valence-electron chi connectivity index (χ0n) is 8.36. The van der Waals surface area contributed by atoms with Crippen molar-refractivity contribution in [2.75, 3.05) is 20.3 Å². The number of aromatic hydroxyl groups is 2. The predicted octanol–water partition coefficient (Wildman–Crippen LogP) is 0.474. The Bertz CT molecular complexity index is 331. The predicted molar refractivity (Wildman–Crippen MR) is 54.0 cm³/mol. The Balaban J connectivity index is 2.73. The van der Waals surface area contributed by atoms with Gasteiger partial charge in [0.2, 0.25) is 0 Å². The van der Waals surface area contributed by atoms with E-state index in [-0.39, 0.29) is 17.1 Å². The second kappa shape index (κ2) is 5.21. The molecule has 0 aromatic heterocycles. The van der Waals surface area contributed by atoms with Crippen LogP contribution in [0.3, 0.4) is 0 Å². The lowest BCUT2D eigenvalue weighted by atomic mass is 10.1. The Kier molecular flexibility index (Phi) is 3.93. The average molecular weight is 211 g/mol. The van der Waals surface area contributed by atoms with Gasteiger partial charge in [0.25, 0.3) is 5.91 Å². The van der Waals surface area contributed by atoms with Crippen LogP contribution in [0.1, 0.15) is 10.4 Å². The van der Waals surface area contributed by atoms with Crippen LogP contribution in [-0.4, -0.2) is 36.4 Å². The second-order valence-corrected chi connectivity index (χ2v) is 2.92. The van der Waals surface area contributed by atoms with Crippen LogP contribution in [0.25, 0.3) is 0 Å². The Labute approximate surface area is 87.3 Å². The van der Waals surface area contributed by atoms with Crippen LogP contribution in [0.5, 0.6) is 11.5 Å². The second-order valence-electron chi connectivity index (χ2n) is 2.92. The standard InChI is InChI=1S/C10H13NO4/c1-15-6-5-11-10(14)9-7(12)3-2-4-8(9)13/h2-4,12-13H,5-6H2,1H3,(H,11,14). The normalized spacial score (nSPS) is 9.93. The number of amides is 1. The van der Waals surface area contributed by atoms with Crippen LogP contribution in [-0.2, 0) is 4.74 Å². The third-order valence-corrected chi connectivity index (χ3v) is 1.84. The molecule has 0 aliphatic carbocycles. The highest BCUT2D eigenvalue weighted by atomic mass is 16.5. The van der Waals surface area contributed by atoms with Crippen LogP contribution < -0.4 is 5.32 Å². The van der Waals surface area contributed by atoms with Crippen molar-refractivity contribution in [3.63, 3.8) is 0 Å². The van der Waals surface area contributed by atoms with E-state index in [4.69, 9.17) is 4.74 Å². The fraction of sp³-hybridized carbons (Fsp3) is 0.300. The first-order chi connectivity index (χ1) is 7.16. The molecule has 0 unspecified atom stereocenters. The molecule has 0 bridgehead atoms. The summed E-state index contributed by atoms with van der Waals surface area (Å²) in [6.07, 6.45) is 0. The van der Waals surface area contributed by atoms with Gasteiger partial charge in [-0.1, -0.05) is 6.07 Å². The number of nitrogens with one attached hydrogen (secondary N) is 1. The molecular formula is C10H13NO4. The van der Waals surface area contributed by atoms with Crippen molar-refractivity contribution >= 4 is 5.91 Å². The first kappa shape index (κ1) is 11.3. The maximum absolute atomic E-state index is 11.5. The molecule has 1 rings (SSSR count). The minimum absolute atomic E-state index is 0.117. The van der Waals surface area contributed by atoms with Gasteiger partial charge in [0.15, 0.2) is 0 Å². The number of benzene rings is 1. The van der Waals surface area contributed by atoms with Gasteiger partial charge in [-0.05, 0) is 12.1 Å². The largest absolute Gasteiger partial charge is 0.507 e. The van der Waals surface area contributed by atoms with Gasteiger partial charge in [-0.25, -0.2) is 0 Å². The summed E-state index contributed by atoms with van der Waals surface area (Å²) in [7, 11) is 1.52. The van der Waals surface area contributed by atoms with E-state index in [1.54, 1.807) is 0 Å². The molecule has 1 aromatic rings. The summed E-state index contributed by atoms with van der Waals surface area (Å²) in [5, 5.41) is 21.2. The Morgan fingerprint density at radius 3 is 2.53 bits per heavy atom. The van der Waals surface area contributed by atoms with Crippen molar-refractivity contribution in [2.45, 2.75) is 0 Å². The first-order valence-electron chi connectivity index (χ1n) is 4.45. The molecule has 5 heteroatoms. The van der Waals surface area contributed by atoms with Gasteiger partial charge in [0.05, 0.1) is 6.61 Å². The molecule has 0 saturated heterocycles. The van der Waals surface area contributed by atoms with Gasteiger partial charge in [-0.3, -0.25) is 4.79 Å². The average Bonchev–Trinajstić information content (AvgIpc) is 2.18. The molecule has 1 aromatic carbocycles. The number of phenols is 2. The fourth-order valence-corrected chi connectivity index (χ4v) is 1.12. The van der Waals surface area contributed by atoms with Crippen molar-refractivity contribution in [1.29, 1.82) is 0 Å². The number of ether oxygens (including phenoxy) is 1. The highest BCUT2D eigenvalue weighted by Gasteiger charge is 2.14. The molecule has 3 N–H and O–H groups in total. The van der Waals surface area contributed by atoms with Crippen LogP contribution in [0.15, 0.2) is 18.2 Å². The maximum Gasteiger partial charge on any atom is 0.258 e. The molecule has 0 aliphatic heterocycles. The van der Waals surface area contributed by atoms with E-state index in [2.05, 4.69) is 5.32 Å². The Hall–Kier alpha value is -1.75. The fourth-order valence-electron chi connectivity index (χ4n) is 1.12. The van der Waals surface area contributed by atoms with Crippen molar-refractivity contribution < 1.29 is 19.7 Å². The molecule has 0 aliphatic rings. The van der Waals surface area contributed by atoms with E-state index >= 15 is 0 Å². The molecule has 5 nitrogen and oxygen atoms in total. The lowest BCUT2D eigenvalue weighted by Crippen LogP contribution is -2.27. The Morgan fingerprint density at radius 2 is 2.00 bits per heavy atom. The maximum atomic E-state index is 11.5. The van der Waals surface area contributed by atoms with Crippen LogP contribution in [0, 0.1) is 0 Å². The summed E-state index contributed by atoms with van der Waals surface area (Å²) in [5.74, 6) is -1.02. The molecular weight excluding hydrogens is 198 g/mol. The number of hydrogen-bond acceptors (Lipinski definition) is 4. The highest BCUT2D eigenvalue weighted by molar-refractivity contribution is 5.99. The third-order valence-electron chi connectivity index (χ3n) is 1.84. The lowest BCUT2D eigenvalue weighted by molar-refractivity contribution is 0.0931. The van der Waals surface area contributed by atoms with Crippen molar-refractivity contribution in [1.82, 2.24) is 5.32 Å². The van der Waals surface area contributed by atoms with E-state index in [1.165, 1.54) is 25.3 Å². The molecule has 0 heterocycles. The quantitative estimate of drug-likeness (QED) is 0.633. The molecule has 82 valence electrons. The highest BCUT2D eigenvalue weighted by Crippen LogP contribution is 2.25. The summed E-state index contributed by atoms with van der Waals surface area (Å²) in [6, 6.07) is 4.13. The first-order valence-corrected chi connectivity index (χ1v) is 4.45. The molecule has 0 fully saturated rings. The zero-order chi connectivity index (χ0) is 11.3. The van der Waals surface area contributed by atoms with E-state index in [0.717, 1.165) is 0 Å². The molecule has 0 saturated carbocycles. The number of methoxy groups -OCH3 is 1. The van der Waals surface area contributed by atoms with Gasteiger partial charge in [0, 0.05) is 13.7 Å². The summed E-state index contributed by atoms with van der Waals surface area (Å²) in [6.45, 7) is 0.698. The minimum Gasteiger partial charge on any atom is -0.507 e. The van der Waals surface area contributed by atoms with Crippen molar-refractivity contribution in [3.05, 3.63) is 23.8 Å². The van der Waals surface area contributed by atoms with Crippen LogP contribution in [0.2, 0.25) is 0 Å². The van der Waals surface area contributed by atoms with Gasteiger partial charge in [-0.2, -0.15) is 0 Å². The topological polar surface area (TPSA) is 78.8 Å². The molecule has 0 radical (unpaired) electrons. The van der Waals surface area contributed by atoms with E-state index < -0.39 is 5.91 Å². The summed E-state index contributed by atoms with van der Waals surface area (Å²) in [5.41, 5.74) is -0.117. The minimum atomic E-state index is -0.525. The summed E-state index contributed by atoms with van der Waals surface area (Å²) in [4.78, 5) is 11.5. The van der Waals surface area contributed by atoms with E-state index in [1.807, 2.05) is 0 Å². The van der Waals surface area contributed by atoms with E-state index in [9.17, 15) is 15.0 Å². The molecule has 0 spiro atoms. The number of phenolic OH excluding ortho intramolecular Hbond substituents is 2. The summed E-state index contributed by atoms with van der Waals surface area (Å²) >= 11 is 0. The monoisotopic (exact) mass is 211 g/mol.